The number of hydrogen-bond donors (Lipinski definition) is 0. The van der Waals surface area contributed by atoms with Gasteiger partial charge in [-0.2, -0.15) is 0 Å². The number of hydrogen-bond acceptors (Lipinski definition) is 1. The van der Waals surface area contributed by atoms with E-state index in [2.05, 4.69) is 30.3 Å². The molecular formula is C18H18Cl2S. The van der Waals surface area contributed by atoms with Gasteiger partial charge in [0.1, 0.15) is 0 Å². The predicted molar refractivity (Wildman–Crippen MR) is 93.9 cm³/mol. The summed E-state index contributed by atoms with van der Waals surface area (Å²) in [7, 11) is 0. The van der Waals surface area contributed by atoms with Gasteiger partial charge in [0.15, 0.2) is 0 Å². The Balaban J connectivity index is 1.70. The summed E-state index contributed by atoms with van der Waals surface area (Å²) < 4.78 is 0. The fourth-order valence-electron chi connectivity index (χ4n) is 3.00. The molecule has 0 amide bonds. The molecule has 2 atom stereocenters. The topological polar surface area (TPSA) is 0 Å². The van der Waals surface area contributed by atoms with Crippen LogP contribution in [-0.2, 0) is 6.42 Å². The molecule has 0 saturated heterocycles. The quantitative estimate of drug-likeness (QED) is 0.602. The molecule has 1 heterocycles. The zero-order valence-electron chi connectivity index (χ0n) is 11.8. The summed E-state index contributed by atoms with van der Waals surface area (Å²) in [5.41, 5.74) is 2.71. The second kappa shape index (κ2) is 7.09. The van der Waals surface area contributed by atoms with Gasteiger partial charge in [0, 0.05) is 21.6 Å². The molecule has 0 saturated carbocycles. The van der Waals surface area contributed by atoms with Crippen LogP contribution in [0.2, 0.25) is 5.02 Å². The van der Waals surface area contributed by atoms with Gasteiger partial charge in [0.05, 0.1) is 0 Å². The molecule has 21 heavy (non-hydrogen) atoms. The van der Waals surface area contributed by atoms with E-state index in [9.17, 15) is 0 Å². The first-order valence-corrected chi connectivity index (χ1v) is 9.19. The summed E-state index contributed by atoms with van der Waals surface area (Å²) >= 11 is 14.5. The van der Waals surface area contributed by atoms with Gasteiger partial charge in [-0.15, -0.1) is 23.4 Å². The largest absolute Gasteiger partial charge is 0.126 e. The van der Waals surface area contributed by atoms with Crippen LogP contribution in [0.4, 0.5) is 0 Å². The highest BCUT2D eigenvalue weighted by Crippen LogP contribution is 2.43. The fraction of sp³-hybridized carbons (Fsp3) is 0.333. The van der Waals surface area contributed by atoms with Gasteiger partial charge in [-0.3, -0.25) is 0 Å². The summed E-state index contributed by atoms with van der Waals surface area (Å²) in [6, 6.07) is 16.9. The lowest BCUT2D eigenvalue weighted by Crippen LogP contribution is -2.12. The molecule has 2 aromatic rings. The molecule has 0 spiro atoms. The molecule has 0 N–H and O–H groups in total. The average Bonchev–Trinajstić information content (AvgIpc) is 2.92. The zero-order valence-corrected chi connectivity index (χ0v) is 14.1. The summed E-state index contributed by atoms with van der Waals surface area (Å²) in [6.07, 6.45) is 2.10. The minimum atomic E-state index is 0.475. The predicted octanol–water partition coefficient (Wildman–Crippen LogP) is 6.02. The van der Waals surface area contributed by atoms with Crippen LogP contribution in [0.1, 0.15) is 23.5 Å². The summed E-state index contributed by atoms with van der Waals surface area (Å²) in [4.78, 5) is 1.44. The van der Waals surface area contributed by atoms with Crippen molar-refractivity contribution in [3.05, 3.63) is 64.7 Å². The highest BCUT2D eigenvalue weighted by Gasteiger charge is 2.25. The van der Waals surface area contributed by atoms with E-state index >= 15 is 0 Å². The van der Waals surface area contributed by atoms with E-state index in [4.69, 9.17) is 23.2 Å². The first-order chi connectivity index (χ1) is 10.3. The van der Waals surface area contributed by atoms with Crippen molar-refractivity contribution >= 4 is 35.0 Å². The van der Waals surface area contributed by atoms with Crippen LogP contribution < -0.4 is 0 Å². The Morgan fingerprint density at radius 1 is 1.10 bits per heavy atom. The van der Waals surface area contributed by atoms with Gasteiger partial charge < -0.3 is 0 Å². The van der Waals surface area contributed by atoms with E-state index in [-0.39, 0.29) is 0 Å². The molecule has 0 aromatic heterocycles. The second-order valence-electron chi connectivity index (χ2n) is 5.60. The number of rotatable bonds is 5. The highest BCUT2D eigenvalue weighted by molar-refractivity contribution is 7.99. The van der Waals surface area contributed by atoms with Gasteiger partial charge in [-0.25, -0.2) is 0 Å². The molecule has 0 aliphatic carbocycles. The Hall–Kier alpha value is -0.630. The van der Waals surface area contributed by atoms with Crippen LogP contribution in [0.3, 0.4) is 0 Å². The first-order valence-electron chi connectivity index (χ1n) is 7.29. The van der Waals surface area contributed by atoms with Gasteiger partial charge >= 0.3 is 0 Å². The van der Waals surface area contributed by atoms with Crippen molar-refractivity contribution < 1.29 is 0 Å². The standard InChI is InChI=1S/C18H18Cl2S/c19-11-13(9-14-5-1-3-7-17(14)20)10-15-12-21-18-8-4-2-6-16(15)18/h1-8,13,15H,9-12H2. The van der Waals surface area contributed by atoms with Gasteiger partial charge in [0.25, 0.3) is 0 Å². The molecule has 0 fully saturated rings. The third-order valence-corrected chi connectivity index (χ3v) is 6.16. The van der Waals surface area contributed by atoms with E-state index in [1.165, 1.54) is 21.8 Å². The van der Waals surface area contributed by atoms with Crippen LogP contribution in [0, 0.1) is 5.92 Å². The third kappa shape index (κ3) is 3.59. The molecule has 0 radical (unpaired) electrons. The molecule has 1 aliphatic heterocycles. The number of fused-ring (bicyclic) bond motifs is 1. The van der Waals surface area contributed by atoms with Crippen molar-refractivity contribution in [2.75, 3.05) is 11.6 Å². The van der Waals surface area contributed by atoms with Crippen LogP contribution in [0.25, 0.3) is 0 Å². The minimum Gasteiger partial charge on any atom is -0.126 e. The molecule has 3 heteroatoms. The molecule has 2 aromatic carbocycles. The monoisotopic (exact) mass is 336 g/mol. The summed E-state index contributed by atoms with van der Waals surface area (Å²) in [5.74, 6) is 2.96. The van der Waals surface area contributed by atoms with Crippen molar-refractivity contribution in [1.29, 1.82) is 0 Å². The minimum absolute atomic E-state index is 0.475. The van der Waals surface area contributed by atoms with Gasteiger partial charge in [0.2, 0.25) is 0 Å². The normalized spacial score (nSPS) is 18.5. The zero-order chi connectivity index (χ0) is 14.7. The molecule has 1 aliphatic rings. The maximum absolute atomic E-state index is 6.28. The van der Waals surface area contributed by atoms with Crippen LogP contribution in [0.15, 0.2) is 53.4 Å². The Morgan fingerprint density at radius 3 is 2.67 bits per heavy atom. The van der Waals surface area contributed by atoms with Gasteiger partial charge in [-0.05, 0) is 47.9 Å². The Morgan fingerprint density at radius 2 is 1.86 bits per heavy atom. The number of alkyl halides is 1. The Bertz CT molecular complexity index is 612. The lowest BCUT2D eigenvalue weighted by Gasteiger charge is -2.19. The van der Waals surface area contributed by atoms with Crippen LogP contribution >= 0.6 is 35.0 Å². The van der Waals surface area contributed by atoms with Gasteiger partial charge in [-0.1, -0.05) is 48.0 Å². The third-order valence-electron chi connectivity index (χ3n) is 4.10. The van der Waals surface area contributed by atoms with E-state index in [0.717, 1.165) is 17.9 Å². The SMILES string of the molecule is ClCC(Cc1ccccc1Cl)CC1CSc2ccccc21. The maximum atomic E-state index is 6.28. The lowest BCUT2D eigenvalue weighted by atomic mass is 9.87. The summed E-state index contributed by atoms with van der Waals surface area (Å²) in [5, 5.41) is 0.855. The molecule has 2 unspecified atom stereocenters. The number of benzene rings is 2. The second-order valence-corrected chi connectivity index (χ2v) is 7.37. The van der Waals surface area contributed by atoms with E-state index in [1.54, 1.807) is 0 Å². The molecule has 110 valence electrons. The smallest absolute Gasteiger partial charge is 0.0438 e. The van der Waals surface area contributed by atoms with E-state index in [1.807, 2.05) is 30.0 Å². The van der Waals surface area contributed by atoms with Crippen molar-refractivity contribution in [1.82, 2.24) is 0 Å². The van der Waals surface area contributed by atoms with E-state index in [0.29, 0.717) is 17.7 Å². The van der Waals surface area contributed by atoms with Crippen molar-refractivity contribution in [3.8, 4) is 0 Å². The average molecular weight is 337 g/mol. The van der Waals surface area contributed by atoms with Crippen molar-refractivity contribution in [2.24, 2.45) is 5.92 Å². The first kappa shape index (κ1) is 15.3. The fourth-order valence-corrected chi connectivity index (χ4v) is 4.72. The highest BCUT2D eigenvalue weighted by atomic mass is 35.5. The lowest BCUT2D eigenvalue weighted by molar-refractivity contribution is 0.491. The molecule has 0 nitrogen and oxygen atoms in total. The van der Waals surface area contributed by atoms with Crippen LogP contribution in [-0.4, -0.2) is 11.6 Å². The van der Waals surface area contributed by atoms with E-state index < -0.39 is 0 Å². The Labute approximate surface area is 140 Å². The van der Waals surface area contributed by atoms with Crippen molar-refractivity contribution in [2.45, 2.75) is 23.7 Å². The number of halogens is 2. The Kier molecular flexibility index (Phi) is 5.15. The number of thioether (sulfide) groups is 1. The van der Waals surface area contributed by atoms with Crippen LogP contribution in [0.5, 0.6) is 0 Å². The molecule has 3 rings (SSSR count). The van der Waals surface area contributed by atoms with Crippen molar-refractivity contribution in [3.63, 3.8) is 0 Å². The summed E-state index contributed by atoms with van der Waals surface area (Å²) in [6.45, 7) is 0. The molecular weight excluding hydrogens is 319 g/mol. The molecule has 0 bridgehead atoms. The maximum Gasteiger partial charge on any atom is 0.0438 e.